The Balaban J connectivity index is 1.67. The fourth-order valence-corrected chi connectivity index (χ4v) is 3.94. The van der Waals surface area contributed by atoms with E-state index in [0.717, 1.165) is 40.8 Å². The zero-order valence-corrected chi connectivity index (χ0v) is 19.1. The van der Waals surface area contributed by atoms with E-state index in [9.17, 15) is 10.0 Å². The number of rotatable bonds is 7. The van der Waals surface area contributed by atoms with Crippen LogP contribution in [-0.2, 0) is 6.42 Å². The van der Waals surface area contributed by atoms with Crippen molar-refractivity contribution in [2.75, 3.05) is 33.7 Å². The van der Waals surface area contributed by atoms with Crippen LogP contribution in [0.5, 0.6) is 5.95 Å². The summed E-state index contributed by atoms with van der Waals surface area (Å²) < 4.78 is 11.7. The zero-order valence-electron chi connectivity index (χ0n) is 19.1. The molecule has 1 aliphatic rings. The van der Waals surface area contributed by atoms with Gasteiger partial charge in [0, 0.05) is 54.8 Å². The lowest BCUT2D eigenvalue weighted by molar-refractivity contribution is 0.140. The van der Waals surface area contributed by atoms with Crippen molar-refractivity contribution in [3.05, 3.63) is 59.9 Å². The normalized spacial score (nSPS) is 14.0. The van der Waals surface area contributed by atoms with Crippen molar-refractivity contribution in [3.63, 3.8) is 0 Å². The number of hydrogen-bond donors (Lipinski definition) is 1. The number of oxime groups is 1. The third kappa shape index (κ3) is 4.90. The first-order valence-electron chi connectivity index (χ1n) is 11.0. The second-order valence-corrected chi connectivity index (χ2v) is 8.21. The minimum atomic E-state index is -0.446. The number of furan rings is 1. The third-order valence-corrected chi connectivity index (χ3v) is 5.78. The Morgan fingerprint density at radius 2 is 1.88 bits per heavy atom. The first-order chi connectivity index (χ1) is 16.0. The monoisotopic (exact) mass is 448 g/mol. The van der Waals surface area contributed by atoms with Gasteiger partial charge in [-0.3, -0.25) is 4.98 Å². The van der Waals surface area contributed by atoms with Gasteiger partial charge >= 0.3 is 6.09 Å². The highest BCUT2D eigenvalue weighted by molar-refractivity contribution is 6.04. The number of benzene rings is 1. The summed E-state index contributed by atoms with van der Waals surface area (Å²) in [5, 5.41) is 12.6. The second-order valence-electron chi connectivity index (χ2n) is 8.21. The molecule has 0 bridgehead atoms. The smallest absolute Gasteiger partial charge is 0.417 e. The molecule has 2 aromatic heterocycles. The molecule has 1 aromatic carbocycles. The third-order valence-electron chi connectivity index (χ3n) is 5.78. The number of ether oxygens (including phenoxy) is 1. The Hall–Kier alpha value is -3.65. The first-order valence-corrected chi connectivity index (χ1v) is 11.0. The van der Waals surface area contributed by atoms with E-state index in [1.165, 1.54) is 0 Å². The van der Waals surface area contributed by atoms with Gasteiger partial charge in [-0.15, -0.1) is 0 Å². The molecule has 0 fully saturated rings. The summed E-state index contributed by atoms with van der Waals surface area (Å²) in [7, 11) is 3.93. The highest BCUT2D eigenvalue weighted by Gasteiger charge is 2.23. The average molecular weight is 449 g/mol. The standard InChI is InChI=1S/C25H28N4O4/c1-4-29(14-13-28(2)3)25(30)33-23-16-21(24(32-23)17-9-11-26-12-10-17)19-5-7-20-18(15-19)6-8-22(20)27-31/h5,7,9-12,15-16,31H,4,6,8,13-14H2,1-3H3. The number of fused-ring (bicyclic) bond motifs is 1. The van der Waals surface area contributed by atoms with Gasteiger partial charge in [-0.1, -0.05) is 23.4 Å². The summed E-state index contributed by atoms with van der Waals surface area (Å²) in [6.07, 6.45) is 4.46. The van der Waals surface area contributed by atoms with Crippen molar-refractivity contribution in [1.29, 1.82) is 0 Å². The summed E-state index contributed by atoms with van der Waals surface area (Å²) in [6, 6.07) is 11.5. The Labute approximate surface area is 193 Å². The molecular formula is C25H28N4O4. The lowest BCUT2D eigenvalue weighted by atomic mass is 9.98. The molecular weight excluding hydrogens is 420 g/mol. The van der Waals surface area contributed by atoms with Gasteiger partial charge in [-0.05, 0) is 57.1 Å². The average Bonchev–Trinajstić information content (AvgIpc) is 3.43. The van der Waals surface area contributed by atoms with Crippen LogP contribution in [0, 0.1) is 0 Å². The predicted molar refractivity (Wildman–Crippen MR) is 126 cm³/mol. The van der Waals surface area contributed by atoms with Crippen LogP contribution in [-0.4, -0.2) is 65.5 Å². The number of hydrogen-bond acceptors (Lipinski definition) is 7. The van der Waals surface area contributed by atoms with Crippen molar-refractivity contribution >= 4 is 11.8 Å². The molecule has 0 saturated carbocycles. The van der Waals surface area contributed by atoms with Crippen LogP contribution < -0.4 is 4.74 Å². The van der Waals surface area contributed by atoms with Gasteiger partial charge < -0.3 is 24.2 Å². The van der Waals surface area contributed by atoms with Crippen molar-refractivity contribution in [3.8, 4) is 28.4 Å². The Kier molecular flexibility index (Phi) is 6.74. The number of pyridine rings is 1. The first kappa shape index (κ1) is 22.5. The maximum absolute atomic E-state index is 12.8. The number of nitrogens with zero attached hydrogens (tertiary/aromatic N) is 4. The molecule has 0 atom stereocenters. The van der Waals surface area contributed by atoms with Gasteiger partial charge in [-0.25, -0.2) is 4.79 Å². The number of carbonyl (C=O) groups excluding carboxylic acids is 1. The van der Waals surface area contributed by atoms with Gasteiger partial charge in [0.05, 0.1) is 5.71 Å². The van der Waals surface area contributed by atoms with Crippen LogP contribution in [0.2, 0.25) is 0 Å². The number of likely N-dealkylation sites (N-methyl/N-ethyl adjacent to an activating group) is 2. The quantitative estimate of drug-likeness (QED) is 0.422. The molecule has 1 N–H and O–H groups in total. The van der Waals surface area contributed by atoms with E-state index >= 15 is 0 Å². The molecule has 8 heteroatoms. The summed E-state index contributed by atoms with van der Waals surface area (Å²) in [6.45, 7) is 3.76. The Morgan fingerprint density at radius 3 is 2.58 bits per heavy atom. The summed E-state index contributed by atoms with van der Waals surface area (Å²) >= 11 is 0. The van der Waals surface area contributed by atoms with E-state index < -0.39 is 6.09 Å². The van der Waals surface area contributed by atoms with Crippen molar-refractivity contribution in [1.82, 2.24) is 14.8 Å². The van der Waals surface area contributed by atoms with E-state index in [-0.39, 0.29) is 5.95 Å². The Bertz CT molecular complexity index is 1150. The minimum absolute atomic E-state index is 0.142. The summed E-state index contributed by atoms with van der Waals surface area (Å²) in [4.78, 5) is 20.5. The van der Waals surface area contributed by atoms with Crippen molar-refractivity contribution < 1.29 is 19.2 Å². The fourth-order valence-electron chi connectivity index (χ4n) is 3.94. The van der Waals surface area contributed by atoms with Crippen molar-refractivity contribution in [2.24, 2.45) is 5.16 Å². The number of amides is 1. The fraction of sp³-hybridized carbons (Fsp3) is 0.320. The maximum Gasteiger partial charge on any atom is 0.417 e. The molecule has 0 radical (unpaired) electrons. The molecule has 0 spiro atoms. The largest absolute Gasteiger partial charge is 0.425 e. The van der Waals surface area contributed by atoms with E-state index in [0.29, 0.717) is 31.0 Å². The topological polar surface area (TPSA) is 91.4 Å². The molecule has 2 heterocycles. The second kappa shape index (κ2) is 9.87. The van der Waals surface area contributed by atoms with Crippen LogP contribution in [0.3, 0.4) is 0 Å². The van der Waals surface area contributed by atoms with Gasteiger partial charge in [0.2, 0.25) is 0 Å². The lowest BCUT2D eigenvalue weighted by Gasteiger charge is -2.21. The van der Waals surface area contributed by atoms with E-state index in [1.54, 1.807) is 23.4 Å². The molecule has 1 amide bonds. The number of carbonyl (C=O) groups is 1. The van der Waals surface area contributed by atoms with E-state index in [4.69, 9.17) is 9.15 Å². The van der Waals surface area contributed by atoms with Gasteiger partial charge in [0.1, 0.15) is 5.76 Å². The van der Waals surface area contributed by atoms with Crippen LogP contribution in [0.4, 0.5) is 4.79 Å². The number of aromatic nitrogens is 1. The van der Waals surface area contributed by atoms with Crippen LogP contribution in [0.15, 0.2) is 58.4 Å². The molecule has 33 heavy (non-hydrogen) atoms. The van der Waals surface area contributed by atoms with Gasteiger partial charge in [-0.2, -0.15) is 0 Å². The van der Waals surface area contributed by atoms with Crippen molar-refractivity contribution in [2.45, 2.75) is 19.8 Å². The molecule has 0 saturated heterocycles. The molecule has 8 nitrogen and oxygen atoms in total. The highest BCUT2D eigenvalue weighted by Crippen LogP contribution is 2.39. The molecule has 3 aromatic rings. The van der Waals surface area contributed by atoms with E-state index in [1.807, 2.05) is 50.2 Å². The van der Waals surface area contributed by atoms with E-state index in [2.05, 4.69) is 16.2 Å². The Morgan fingerprint density at radius 1 is 1.09 bits per heavy atom. The van der Waals surface area contributed by atoms with Crippen LogP contribution in [0.1, 0.15) is 24.5 Å². The van der Waals surface area contributed by atoms with Gasteiger partial charge in [0.25, 0.3) is 5.95 Å². The van der Waals surface area contributed by atoms with Crippen LogP contribution >= 0.6 is 0 Å². The highest BCUT2D eigenvalue weighted by atomic mass is 16.6. The molecule has 4 rings (SSSR count). The molecule has 1 aliphatic carbocycles. The molecule has 172 valence electrons. The van der Waals surface area contributed by atoms with Gasteiger partial charge in [0.15, 0.2) is 0 Å². The summed E-state index contributed by atoms with van der Waals surface area (Å²) in [5.41, 5.74) is 5.36. The molecule has 0 unspecified atom stereocenters. The summed E-state index contributed by atoms with van der Waals surface area (Å²) in [5.74, 6) is 0.744. The minimum Gasteiger partial charge on any atom is -0.425 e. The number of aryl methyl sites for hydroxylation is 1. The predicted octanol–water partition coefficient (Wildman–Crippen LogP) is 4.52. The zero-order chi connectivity index (χ0) is 23.4. The SMILES string of the molecule is CCN(CCN(C)C)C(=O)Oc1cc(-c2ccc3c(c2)CCC3=NO)c(-c2ccncc2)o1. The maximum atomic E-state index is 12.8. The van der Waals surface area contributed by atoms with Crippen LogP contribution in [0.25, 0.3) is 22.5 Å². The lowest BCUT2D eigenvalue weighted by Crippen LogP contribution is -2.38. The molecule has 0 aliphatic heterocycles.